The minimum Gasteiger partial charge on any atom is -0.368 e. The van der Waals surface area contributed by atoms with Crippen LogP contribution in [0.25, 0.3) is 0 Å². The van der Waals surface area contributed by atoms with Gasteiger partial charge in [0.25, 0.3) is 0 Å². The molecule has 1 aliphatic rings. The number of carbonyl (C=O) groups is 2. The molecule has 0 aromatic heterocycles. The summed E-state index contributed by atoms with van der Waals surface area (Å²) in [6, 6.07) is 6.43. The van der Waals surface area contributed by atoms with Crippen molar-refractivity contribution in [3.63, 3.8) is 0 Å². The number of hydrogen-bond acceptors (Lipinski definition) is 8. The molecule has 1 aromatic carbocycles. The molecule has 1 aromatic rings. The SMILES string of the molecule is O=NNC1=CC(=O)c2ccccc2C1=O.O[Si](O)(O)O. The van der Waals surface area contributed by atoms with Gasteiger partial charge in [0.05, 0.1) is 5.29 Å². The van der Waals surface area contributed by atoms with Gasteiger partial charge in [-0.05, 0) is 0 Å². The maximum Gasteiger partial charge on any atom is 0.668 e. The Morgan fingerprint density at radius 2 is 1.50 bits per heavy atom. The molecule has 0 saturated carbocycles. The van der Waals surface area contributed by atoms with E-state index in [0.29, 0.717) is 5.56 Å². The zero-order chi connectivity index (χ0) is 15.3. The molecule has 0 bridgehead atoms. The molecule has 0 spiro atoms. The molecule has 10 heteroatoms. The first-order valence-electron chi connectivity index (χ1n) is 5.11. The van der Waals surface area contributed by atoms with E-state index in [1.807, 2.05) is 5.43 Å². The zero-order valence-electron chi connectivity index (χ0n) is 9.85. The van der Waals surface area contributed by atoms with E-state index in [0.717, 1.165) is 6.08 Å². The molecule has 5 N–H and O–H groups in total. The molecule has 20 heavy (non-hydrogen) atoms. The summed E-state index contributed by atoms with van der Waals surface area (Å²) in [4.78, 5) is 62.5. The lowest BCUT2D eigenvalue weighted by Gasteiger charge is -2.12. The average Bonchev–Trinajstić information content (AvgIpc) is 2.34. The Bertz CT molecular complexity index is 573. The fraction of sp³-hybridized carbons (Fsp3) is 0. The van der Waals surface area contributed by atoms with Crippen LogP contribution in [0.15, 0.2) is 41.3 Å². The lowest BCUT2D eigenvalue weighted by atomic mass is 9.93. The van der Waals surface area contributed by atoms with Crippen LogP contribution in [0.4, 0.5) is 0 Å². The first-order chi connectivity index (χ1) is 9.24. The smallest absolute Gasteiger partial charge is 0.368 e. The molecule has 1 aliphatic carbocycles. The number of hydrogen-bond donors (Lipinski definition) is 5. The largest absolute Gasteiger partial charge is 0.668 e. The standard InChI is InChI=1S/C10H6N2O3.H4O4Si/c13-9-5-8(11-12-15)10(14)7-4-2-1-3-6(7)9;1-5(2,3)4/h1-5H,(H,11,15);1-4H. The Labute approximate surface area is 113 Å². The Kier molecular flexibility index (Phi) is 4.96. The highest BCUT2D eigenvalue weighted by atomic mass is 28.4. The van der Waals surface area contributed by atoms with E-state index < -0.39 is 14.8 Å². The topological polar surface area (TPSA) is 157 Å². The molecule has 0 fully saturated rings. The van der Waals surface area contributed by atoms with E-state index in [-0.39, 0.29) is 17.0 Å². The van der Waals surface area contributed by atoms with Gasteiger partial charge in [-0.3, -0.25) is 9.59 Å². The van der Waals surface area contributed by atoms with Gasteiger partial charge >= 0.3 is 9.05 Å². The molecule has 106 valence electrons. The second-order valence-corrected chi connectivity index (χ2v) is 4.80. The molecule has 0 unspecified atom stereocenters. The van der Waals surface area contributed by atoms with Crippen molar-refractivity contribution in [2.45, 2.75) is 0 Å². The van der Waals surface area contributed by atoms with Crippen LogP contribution >= 0.6 is 0 Å². The summed E-state index contributed by atoms with van der Waals surface area (Å²) < 4.78 is 0. The van der Waals surface area contributed by atoms with Crippen LogP contribution < -0.4 is 5.43 Å². The molecule has 0 atom stereocenters. The summed E-state index contributed by atoms with van der Waals surface area (Å²) >= 11 is 0. The lowest BCUT2D eigenvalue weighted by molar-refractivity contribution is 0.0978. The fourth-order valence-corrected chi connectivity index (χ4v) is 1.45. The van der Waals surface area contributed by atoms with Crippen molar-refractivity contribution in [1.29, 1.82) is 0 Å². The van der Waals surface area contributed by atoms with Gasteiger partial charge in [-0.25, -0.2) is 5.43 Å². The summed E-state index contributed by atoms with van der Waals surface area (Å²) in [7, 11) is -4.61. The number of nitroso groups, excluding NO2 is 1. The van der Waals surface area contributed by atoms with Crippen molar-refractivity contribution in [2.75, 3.05) is 0 Å². The van der Waals surface area contributed by atoms with Crippen LogP contribution in [-0.2, 0) is 0 Å². The number of fused-ring (bicyclic) bond motifs is 1. The monoisotopic (exact) mass is 298 g/mol. The lowest BCUT2D eigenvalue weighted by Crippen LogP contribution is -2.33. The molecule has 0 amide bonds. The third-order valence-corrected chi connectivity index (χ3v) is 2.12. The molecule has 0 heterocycles. The van der Waals surface area contributed by atoms with Gasteiger partial charge in [-0.2, -0.15) is 0 Å². The van der Waals surface area contributed by atoms with Gasteiger partial charge in [0.1, 0.15) is 5.70 Å². The number of Topliss-reactive ketones (excluding diaryl/α,β-unsaturated/α-hetero) is 1. The predicted octanol–water partition coefficient (Wildman–Crippen LogP) is -1.39. The first kappa shape index (κ1) is 15.8. The molecule has 2 rings (SSSR count). The third-order valence-electron chi connectivity index (χ3n) is 2.12. The van der Waals surface area contributed by atoms with Crippen LogP contribution in [0, 0.1) is 4.91 Å². The quantitative estimate of drug-likeness (QED) is 0.254. The molecule has 0 saturated heterocycles. The van der Waals surface area contributed by atoms with E-state index >= 15 is 0 Å². The van der Waals surface area contributed by atoms with Crippen LogP contribution in [0.1, 0.15) is 20.7 Å². The van der Waals surface area contributed by atoms with E-state index in [1.54, 1.807) is 18.2 Å². The van der Waals surface area contributed by atoms with Crippen molar-refractivity contribution in [2.24, 2.45) is 5.29 Å². The summed E-state index contributed by atoms with van der Waals surface area (Å²) in [5, 5.41) is 2.38. The van der Waals surface area contributed by atoms with Gasteiger partial charge in [0.15, 0.2) is 5.78 Å². The van der Waals surface area contributed by atoms with Gasteiger partial charge in [-0.1, -0.05) is 24.3 Å². The second kappa shape index (κ2) is 6.27. The maximum absolute atomic E-state index is 11.7. The van der Waals surface area contributed by atoms with Gasteiger partial charge in [-0.15, -0.1) is 4.91 Å². The number of carbonyl (C=O) groups excluding carboxylic acids is 2. The van der Waals surface area contributed by atoms with Crippen LogP contribution in [0.3, 0.4) is 0 Å². The van der Waals surface area contributed by atoms with Gasteiger partial charge in [0, 0.05) is 17.2 Å². The summed E-state index contributed by atoms with van der Waals surface area (Å²) in [5.74, 6) is -0.707. The van der Waals surface area contributed by atoms with E-state index in [2.05, 4.69) is 5.29 Å². The van der Waals surface area contributed by atoms with E-state index in [1.165, 1.54) is 6.07 Å². The van der Waals surface area contributed by atoms with Crippen molar-refractivity contribution in [3.8, 4) is 0 Å². The highest BCUT2D eigenvalue weighted by molar-refractivity contribution is 6.46. The normalized spacial score (nSPS) is 13.7. The Hall–Kier alpha value is -2.24. The van der Waals surface area contributed by atoms with Gasteiger partial charge in [0.2, 0.25) is 5.78 Å². The van der Waals surface area contributed by atoms with Crippen LogP contribution in [-0.4, -0.2) is 39.8 Å². The first-order valence-corrected chi connectivity index (χ1v) is 6.90. The Balaban J connectivity index is 0.000000347. The summed E-state index contributed by atoms with van der Waals surface area (Å²) in [5.41, 5.74) is 2.51. The van der Waals surface area contributed by atoms with Crippen LogP contribution in [0.5, 0.6) is 0 Å². The third kappa shape index (κ3) is 4.45. The minimum absolute atomic E-state index is 0.0892. The number of benzene rings is 1. The Morgan fingerprint density at radius 1 is 1.00 bits per heavy atom. The number of nitrogens with zero attached hydrogens (tertiary/aromatic N) is 1. The van der Waals surface area contributed by atoms with Crippen molar-refractivity contribution >= 4 is 20.6 Å². The predicted molar refractivity (Wildman–Crippen MR) is 66.7 cm³/mol. The van der Waals surface area contributed by atoms with Gasteiger partial charge < -0.3 is 19.2 Å². The number of nitrogens with one attached hydrogen (secondary N) is 1. The minimum atomic E-state index is -4.61. The van der Waals surface area contributed by atoms with Crippen molar-refractivity contribution in [1.82, 2.24) is 5.43 Å². The number of ketones is 2. The van der Waals surface area contributed by atoms with E-state index in [9.17, 15) is 14.5 Å². The molecular formula is C10H10N2O7Si. The van der Waals surface area contributed by atoms with Crippen molar-refractivity contribution in [3.05, 3.63) is 52.1 Å². The number of allylic oxidation sites excluding steroid dienone is 2. The highest BCUT2D eigenvalue weighted by Crippen LogP contribution is 2.19. The molecule has 0 radical (unpaired) electrons. The second-order valence-electron chi connectivity index (χ2n) is 3.60. The molecule has 9 nitrogen and oxygen atoms in total. The van der Waals surface area contributed by atoms with E-state index in [4.69, 9.17) is 19.2 Å². The van der Waals surface area contributed by atoms with Crippen molar-refractivity contribution < 1.29 is 28.8 Å². The number of rotatable bonds is 2. The average molecular weight is 298 g/mol. The molecular weight excluding hydrogens is 288 g/mol. The molecule has 0 aliphatic heterocycles. The fourth-order valence-electron chi connectivity index (χ4n) is 1.45. The van der Waals surface area contributed by atoms with Crippen LogP contribution in [0.2, 0.25) is 0 Å². The Morgan fingerprint density at radius 3 is 2.00 bits per heavy atom. The summed E-state index contributed by atoms with van der Waals surface area (Å²) in [6.07, 6.45) is 1.08. The summed E-state index contributed by atoms with van der Waals surface area (Å²) in [6.45, 7) is 0. The zero-order valence-corrected chi connectivity index (χ0v) is 10.8. The highest BCUT2D eigenvalue weighted by Gasteiger charge is 2.25. The maximum atomic E-state index is 11.7.